The summed E-state index contributed by atoms with van der Waals surface area (Å²) in [5.41, 5.74) is 14.7. The molecule has 1 heteroatoms. The van der Waals surface area contributed by atoms with Crippen LogP contribution in [0, 0.1) is 0 Å². The van der Waals surface area contributed by atoms with Gasteiger partial charge in [-0.15, -0.1) is 0 Å². The summed E-state index contributed by atoms with van der Waals surface area (Å²) in [6.07, 6.45) is 6.58. The van der Waals surface area contributed by atoms with Gasteiger partial charge < -0.3 is 0 Å². The second kappa shape index (κ2) is 9.81. The van der Waals surface area contributed by atoms with Gasteiger partial charge in [0.2, 0.25) is 0 Å². The lowest BCUT2D eigenvalue weighted by Crippen LogP contribution is -2.25. The Hall–Kier alpha value is -4.49. The molecule has 0 N–H and O–H groups in total. The zero-order chi connectivity index (χ0) is 28.3. The van der Waals surface area contributed by atoms with Crippen molar-refractivity contribution in [2.24, 2.45) is 4.99 Å². The Morgan fingerprint density at radius 1 is 0.667 bits per heavy atom. The fraction of sp³-hybridized carbons (Fsp3) is 0.195. The third kappa shape index (κ3) is 3.95. The van der Waals surface area contributed by atoms with E-state index in [9.17, 15) is 0 Å². The van der Waals surface area contributed by atoms with Crippen molar-refractivity contribution in [2.45, 2.75) is 50.9 Å². The highest BCUT2D eigenvalue weighted by Gasteiger charge is 2.40. The van der Waals surface area contributed by atoms with E-state index in [4.69, 9.17) is 4.99 Å². The maximum atomic E-state index is 5.73. The molecule has 1 atom stereocenters. The van der Waals surface area contributed by atoms with Crippen LogP contribution in [-0.2, 0) is 11.8 Å². The number of benzene rings is 5. The molecule has 2 aliphatic carbocycles. The van der Waals surface area contributed by atoms with Crippen molar-refractivity contribution in [3.63, 3.8) is 0 Å². The molecule has 0 spiro atoms. The summed E-state index contributed by atoms with van der Waals surface area (Å²) >= 11 is 0. The summed E-state index contributed by atoms with van der Waals surface area (Å²) in [5, 5.41) is 2.63. The number of nitrogens with zero attached hydrogens (tertiary/aromatic N) is 1. The molecule has 0 fully saturated rings. The number of rotatable bonds is 2. The van der Waals surface area contributed by atoms with Crippen LogP contribution in [0.25, 0.3) is 27.5 Å². The lowest BCUT2D eigenvalue weighted by atomic mass is 9.77. The summed E-state index contributed by atoms with van der Waals surface area (Å²) in [7, 11) is 0. The van der Waals surface area contributed by atoms with Crippen LogP contribution in [0.4, 0.5) is 0 Å². The zero-order valence-electron chi connectivity index (χ0n) is 24.4. The number of hydrogen-bond acceptors (Lipinski definition) is 1. The third-order valence-corrected chi connectivity index (χ3v) is 9.78. The number of allylic oxidation sites excluding steroid dienone is 4. The Morgan fingerprint density at radius 3 is 2.19 bits per heavy atom. The van der Waals surface area contributed by atoms with Gasteiger partial charge in [-0.1, -0.05) is 129 Å². The minimum atomic E-state index is -0.110. The minimum absolute atomic E-state index is 0.110. The van der Waals surface area contributed by atoms with E-state index < -0.39 is 0 Å². The largest absolute Gasteiger partial charge is 0.252 e. The molecular weight excluding hydrogens is 506 g/mol. The zero-order valence-corrected chi connectivity index (χ0v) is 24.4. The van der Waals surface area contributed by atoms with Crippen LogP contribution in [0.2, 0.25) is 0 Å². The van der Waals surface area contributed by atoms with Crippen molar-refractivity contribution in [2.75, 3.05) is 0 Å². The minimum Gasteiger partial charge on any atom is -0.252 e. The molecule has 204 valence electrons. The van der Waals surface area contributed by atoms with E-state index in [1.165, 1.54) is 66.6 Å². The van der Waals surface area contributed by atoms with E-state index in [0.717, 1.165) is 31.4 Å². The molecule has 8 rings (SSSR count). The van der Waals surface area contributed by atoms with Crippen molar-refractivity contribution in [1.29, 1.82) is 0 Å². The second-order valence-electron chi connectivity index (χ2n) is 12.6. The SMILES string of the molecule is CC1(C)C2=C(CC/C=C(C3CCc4cc5ccccc5cc4-c4ccccc43)\N=C/2c2ccccc2)c2ccccc21. The van der Waals surface area contributed by atoms with Gasteiger partial charge in [-0.05, 0) is 87.0 Å². The second-order valence-corrected chi connectivity index (χ2v) is 12.6. The molecule has 0 amide bonds. The van der Waals surface area contributed by atoms with Gasteiger partial charge in [0.1, 0.15) is 0 Å². The summed E-state index contributed by atoms with van der Waals surface area (Å²) in [5.74, 6) is 0.240. The van der Waals surface area contributed by atoms with Crippen molar-refractivity contribution < 1.29 is 0 Å². The molecule has 1 unspecified atom stereocenters. The summed E-state index contributed by atoms with van der Waals surface area (Å²) in [6.45, 7) is 4.78. The van der Waals surface area contributed by atoms with Crippen molar-refractivity contribution in [3.05, 3.63) is 160 Å². The van der Waals surface area contributed by atoms with Crippen LogP contribution >= 0.6 is 0 Å². The smallest absolute Gasteiger partial charge is 0.0749 e. The van der Waals surface area contributed by atoms with Crippen LogP contribution < -0.4 is 0 Å². The monoisotopic (exact) mass is 541 g/mol. The molecular formula is C41H35N. The molecule has 0 saturated heterocycles. The fourth-order valence-corrected chi connectivity index (χ4v) is 7.81. The molecule has 1 aliphatic heterocycles. The summed E-state index contributed by atoms with van der Waals surface area (Å²) in [4.78, 5) is 5.73. The molecule has 0 aromatic heterocycles. The Bertz CT molecular complexity index is 1950. The Kier molecular flexibility index (Phi) is 5.89. The molecule has 0 radical (unpaired) electrons. The highest BCUT2D eigenvalue weighted by molar-refractivity contribution is 6.20. The first-order valence-corrected chi connectivity index (χ1v) is 15.4. The average molecular weight is 542 g/mol. The maximum absolute atomic E-state index is 5.73. The van der Waals surface area contributed by atoms with Crippen LogP contribution in [0.15, 0.2) is 138 Å². The van der Waals surface area contributed by atoms with Gasteiger partial charge in [0.25, 0.3) is 0 Å². The van der Waals surface area contributed by atoms with E-state index in [1.54, 1.807) is 0 Å². The number of aryl methyl sites for hydroxylation is 1. The van der Waals surface area contributed by atoms with E-state index in [1.807, 2.05) is 0 Å². The normalized spacial score (nSPS) is 21.4. The highest BCUT2D eigenvalue weighted by Crippen LogP contribution is 2.51. The van der Waals surface area contributed by atoms with Crippen LogP contribution in [-0.4, -0.2) is 5.71 Å². The lowest BCUT2D eigenvalue weighted by molar-refractivity contribution is 0.658. The Balaban J connectivity index is 1.31. The van der Waals surface area contributed by atoms with Crippen LogP contribution in [0.3, 0.4) is 0 Å². The predicted octanol–water partition coefficient (Wildman–Crippen LogP) is 10.4. The highest BCUT2D eigenvalue weighted by atomic mass is 14.8. The van der Waals surface area contributed by atoms with E-state index in [2.05, 4.69) is 135 Å². The van der Waals surface area contributed by atoms with E-state index >= 15 is 0 Å². The molecule has 0 bridgehead atoms. The molecule has 5 aromatic carbocycles. The Morgan fingerprint density at radius 2 is 1.36 bits per heavy atom. The van der Waals surface area contributed by atoms with Crippen molar-refractivity contribution in [3.8, 4) is 11.1 Å². The molecule has 42 heavy (non-hydrogen) atoms. The van der Waals surface area contributed by atoms with E-state index in [-0.39, 0.29) is 11.3 Å². The number of aliphatic imine (C=N–C) groups is 1. The lowest BCUT2D eigenvalue weighted by Gasteiger charge is -2.28. The molecule has 5 aromatic rings. The molecule has 0 saturated carbocycles. The van der Waals surface area contributed by atoms with E-state index in [0.29, 0.717) is 0 Å². The first-order chi connectivity index (χ1) is 20.6. The Labute approximate surface area is 249 Å². The standard InChI is InChI=1S/C41H35N/c1-41(2)37-21-11-10-19-33(37)35-20-12-22-38(42-40(39(35)41)27-13-4-3-5-14-27)34-24-23-30-25-28-15-6-7-16-29(28)26-36(30)32-18-9-8-17-31(32)34/h3-11,13-19,21-22,25-26,34H,12,20,23-24H2,1-2H3/b38-22-,42-40-. The van der Waals surface area contributed by atoms with Gasteiger partial charge in [0.15, 0.2) is 0 Å². The first kappa shape index (κ1) is 25.2. The predicted molar refractivity (Wildman–Crippen MR) is 177 cm³/mol. The fourth-order valence-electron chi connectivity index (χ4n) is 7.81. The van der Waals surface area contributed by atoms with Crippen molar-refractivity contribution >= 4 is 22.1 Å². The number of fused-ring (bicyclic) bond motifs is 6. The third-order valence-electron chi connectivity index (χ3n) is 9.78. The molecule has 3 aliphatic rings. The quantitative estimate of drug-likeness (QED) is 0.211. The van der Waals surface area contributed by atoms with Gasteiger partial charge in [-0.2, -0.15) is 0 Å². The summed E-state index contributed by atoms with van der Waals surface area (Å²) < 4.78 is 0. The van der Waals surface area contributed by atoms with Crippen LogP contribution in [0.5, 0.6) is 0 Å². The first-order valence-electron chi connectivity index (χ1n) is 15.4. The summed E-state index contributed by atoms with van der Waals surface area (Å²) in [6, 6.07) is 42.6. The average Bonchev–Trinajstić information content (AvgIpc) is 3.12. The maximum Gasteiger partial charge on any atom is 0.0749 e. The van der Waals surface area contributed by atoms with Gasteiger partial charge in [-0.25, -0.2) is 0 Å². The molecule has 1 heterocycles. The van der Waals surface area contributed by atoms with Gasteiger partial charge in [0, 0.05) is 22.6 Å². The van der Waals surface area contributed by atoms with Gasteiger partial charge in [-0.3, -0.25) is 4.99 Å². The van der Waals surface area contributed by atoms with Gasteiger partial charge in [0.05, 0.1) is 5.71 Å². The van der Waals surface area contributed by atoms with Crippen molar-refractivity contribution in [1.82, 2.24) is 0 Å². The van der Waals surface area contributed by atoms with Gasteiger partial charge >= 0.3 is 0 Å². The molecule has 1 nitrogen and oxygen atoms in total. The number of hydrogen-bond donors (Lipinski definition) is 0. The van der Waals surface area contributed by atoms with Crippen LogP contribution in [0.1, 0.15) is 66.8 Å². The topological polar surface area (TPSA) is 12.4 Å².